The minimum atomic E-state index is -0.261. The van der Waals surface area contributed by atoms with E-state index >= 15 is 0 Å². The van der Waals surface area contributed by atoms with E-state index in [1.807, 2.05) is 17.0 Å². The largest absolute Gasteiger partial charge is 0.404 e. The zero-order chi connectivity index (χ0) is 19.0. The number of nitrogens with one attached hydrogen (secondary N) is 1. The molecule has 1 aromatic heterocycles. The van der Waals surface area contributed by atoms with Gasteiger partial charge < -0.3 is 16.4 Å². The quantitative estimate of drug-likeness (QED) is 0.720. The molecule has 0 radical (unpaired) electrons. The molecule has 1 amide bonds. The van der Waals surface area contributed by atoms with E-state index in [4.69, 9.17) is 11.5 Å². The molecule has 1 fully saturated rings. The Hall–Kier alpha value is -3.00. The summed E-state index contributed by atoms with van der Waals surface area (Å²) in [5.74, 6) is 0.388. The highest BCUT2D eigenvalue weighted by atomic mass is 16.2. The molecule has 0 atom stereocenters. The van der Waals surface area contributed by atoms with Crippen molar-refractivity contribution in [3.63, 3.8) is 0 Å². The standard InChI is InChI=1S/C19H22N6O2/c20-8-15(17-10-25(6-5-22-17)19(27)11-1-2-11)12-3-4-13-14(7-12)16(9-21)23-24-18(13)26/h3-4,7-8,11H,1-2,5-6,9-10,20-21H2,(H,24,26)/b15-8-. The first-order valence-corrected chi connectivity index (χ1v) is 9.08. The summed E-state index contributed by atoms with van der Waals surface area (Å²) in [6.45, 7) is 1.87. The first-order chi connectivity index (χ1) is 13.1. The smallest absolute Gasteiger partial charge is 0.272 e. The lowest BCUT2D eigenvalue weighted by Gasteiger charge is -2.28. The summed E-state index contributed by atoms with van der Waals surface area (Å²) in [5.41, 5.74) is 14.4. The monoisotopic (exact) mass is 366 g/mol. The lowest BCUT2D eigenvalue weighted by molar-refractivity contribution is -0.131. The maximum atomic E-state index is 12.4. The SMILES string of the molecule is N/C=C(\C1=NCCN(C(=O)C2CC2)C1)c1ccc2c(=O)[nH]nc(CN)c2c1. The van der Waals surface area contributed by atoms with Gasteiger partial charge in [-0.2, -0.15) is 5.10 Å². The molecule has 27 heavy (non-hydrogen) atoms. The van der Waals surface area contributed by atoms with Gasteiger partial charge in [0.1, 0.15) is 0 Å². The second kappa shape index (κ2) is 6.96. The zero-order valence-corrected chi connectivity index (χ0v) is 14.9. The fourth-order valence-corrected chi connectivity index (χ4v) is 3.46. The molecule has 0 unspecified atom stereocenters. The second-order valence-corrected chi connectivity index (χ2v) is 6.91. The molecule has 140 valence electrons. The highest BCUT2D eigenvalue weighted by molar-refractivity contribution is 6.25. The molecule has 0 spiro atoms. The highest BCUT2D eigenvalue weighted by Gasteiger charge is 2.34. The van der Waals surface area contributed by atoms with Crippen molar-refractivity contribution in [3.8, 4) is 0 Å². The van der Waals surface area contributed by atoms with E-state index in [1.54, 1.807) is 6.07 Å². The molecule has 1 aliphatic carbocycles. The van der Waals surface area contributed by atoms with Crippen molar-refractivity contribution in [2.45, 2.75) is 19.4 Å². The molecule has 0 saturated heterocycles. The highest BCUT2D eigenvalue weighted by Crippen LogP contribution is 2.32. The number of carbonyl (C=O) groups is 1. The van der Waals surface area contributed by atoms with Crippen LogP contribution in [0.25, 0.3) is 16.3 Å². The third-order valence-electron chi connectivity index (χ3n) is 5.10. The van der Waals surface area contributed by atoms with Crippen molar-refractivity contribution in [2.75, 3.05) is 19.6 Å². The first-order valence-electron chi connectivity index (χ1n) is 9.08. The number of hydrogen-bond donors (Lipinski definition) is 3. The summed E-state index contributed by atoms with van der Waals surface area (Å²) < 4.78 is 0. The topological polar surface area (TPSA) is 130 Å². The third kappa shape index (κ3) is 3.23. The molecule has 4 rings (SSSR count). The normalized spacial score (nSPS) is 17.9. The Morgan fingerprint density at radius 1 is 1.33 bits per heavy atom. The van der Waals surface area contributed by atoms with Crippen LogP contribution < -0.4 is 17.0 Å². The van der Waals surface area contributed by atoms with E-state index in [9.17, 15) is 9.59 Å². The predicted molar refractivity (Wildman–Crippen MR) is 104 cm³/mol. The number of fused-ring (bicyclic) bond motifs is 1. The van der Waals surface area contributed by atoms with Gasteiger partial charge in [0.25, 0.3) is 5.56 Å². The van der Waals surface area contributed by atoms with Gasteiger partial charge in [-0.25, -0.2) is 5.10 Å². The maximum Gasteiger partial charge on any atom is 0.272 e. The molecule has 2 aromatic rings. The summed E-state index contributed by atoms with van der Waals surface area (Å²) in [6, 6.07) is 5.44. The number of aromatic amines is 1. The minimum absolute atomic E-state index is 0.181. The van der Waals surface area contributed by atoms with Crippen LogP contribution in [0.5, 0.6) is 0 Å². The van der Waals surface area contributed by atoms with Crippen LogP contribution >= 0.6 is 0 Å². The molecule has 5 N–H and O–H groups in total. The summed E-state index contributed by atoms with van der Waals surface area (Å²) in [5, 5.41) is 7.71. The third-order valence-corrected chi connectivity index (χ3v) is 5.10. The molecular formula is C19H22N6O2. The zero-order valence-electron chi connectivity index (χ0n) is 14.9. The van der Waals surface area contributed by atoms with Crippen LogP contribution in [0.1, 0.15) is 24.1 Å². The lowest BCUT2D eigenvalue weighted by Crippen LogP contribution is -2.42. The van der Waals surface area contributed by atoms with Crippen LogP contribution in [0.4, 0.5) is 0 Å². The predicted octanol–water partition coefficient (Wildman–Crippen LogP) is 0.375. The van der Waals surface area contributed by atoms with E-state index in [0.29, 0.717) is 36.1 Å². The molecule has 8 heteroatoms. The molecule has 8 nitrogen and oxygen atoms in total. The Labute approximate surface area is 155 Å². The number of nitrogens with zero attached hydrogens (tertiary/aromatic N) is 3. The Morgan fingerprint density at radius 3 is 2.85 bits per heavy atom. The van der Waals surface area contributed by atoms with Gasteiger partial charge in [-0.3, -0.25) is 14.6 Å². The Balaban J connectivity index is 1.69. The molecule has 2 heterocycles. The van der Waals surface area contributed by atoms with Gasteiger partial charge in [0.05, 0.1) is 29.9 Å². The average molecular weight is 366 g/mol. The van der Waals surface area contributed by atoms with Crippen molar-refractivity contribution in [1.82, 2.24) is 15.1 Å². The van der Waals surface area contributed by atoms with Crippen LogP contribution in [0.2, 0.25) is 0 Å². The average Bonchev–Trinajstić information content (AvgIpc) is 3.54. The van der Waals surface area contributed by atoms with Gasteiger partial charge >= 0.3 is 0 Å². The molecular weight excluding hydrogens is 344 g/mol. The van der Waals surface area contributed by atoms with Gasteiger partial charge in [0.2, 0.25) is 5.91 Å². The van der Waals surface area contributed by atoms with Crippen molar-refractivity contribution >= 4 is 28.0 Å². The summed E-state index contributed by atoms with van der Waals surface area (Å²) in [7, 11) is 0. The van der Waals surface area contributed by atoms with Crippen molar-refractivity contribution in [1.29, 1.82) is 0 Å². The fraction of sp³-hybridized carbons (Fsp3) is 0.368. The Kier molecular flexibility index (Phi) is 4.49. The van der Waals surface area contributed by atoms with Crippen LogP contribution in [-0.2, 0) is 11.3 Å². The number of benzene rings is 1. The number of hydrogen-bond acceptors (Lipinski definition) is 6. The van der Waals surface area contributed by atoms with Crippen LogP contribution in [0.15, 0.2) is 34.2 Å². The van der Waals surface area contributed by atoms with E-state index in [2.05, 4.69) is 15.2 Å². The van der Waals surface area contributed by atoms with Gasteiger partial charge in [0, 0.05) is 36.2 Å². The Morgan fingerprint density at radius 2 is 2.15 bits per heavy atom. The number of aliphatic imine (C=N–C) groups is 1. The molecule has 1 saturated carbocycles. The Bertz CT molecular complexity index is 1020. The number of aromatic nitrogens is 2. The molecule has 1 aromatic carbocycles. The molecule has 2 aliphatic rings. The van der Waals surface area contributed by atoms with Crippen molar-refractivity contribution in [2.24, 2.45) is 22.4 Å². The van der Waals surface area contributed by atoms with Gasteiger partial charge in [-0.15, -0.1) is 0 Å². The molecule has 0 bridgehead atoms. The first kappa shape index (κ1) is 17.4. The van der Waals surface area contributed by atoms with E-state index in [0.717, 1.165) is 29.7 Å². The summed E-state index contributed by atoms with van der Waals surface area (Å²) in [6.07, 6.45) is 3.47. The molecule has 1 aliphatic heterocycles. The summed E-state index contributed by atoms with van der Waals surface area (Å²) in [4.78, 5) is 30.9. The van der Waals surface area contributed by atoms with Crippen LogP contribution in [0.3, 0.4) is 0 Å². The number of rotatable bonds is 4. The van der Waals surface area contributed by atoms with E-state index < -0.39 is 0 Å². The minimum Gasteiger partial charge on any atom is -0.404 e. The van der Waals surface area contributed by atoms with Gasteiger partial charge in [-0.05, 0) is 30.5 Å². The van der Waals surface area contributed by atoms with Crippen LogP contribution in [0, 0.1) is 5.92 Å². The number of carbonyl (C=O) groups excluding carboxylic acids is 1. The number of H-pyrrole nitrogens is 1. The van der Waals surface area contributed by atoms with Crippen LogP contribution in [-0.4, -0.2) is 46.4 Å². The lowest BCUT2D eigenvalue weighted by atomic mass is 9.97. The van der Waals surface area contributed by atoms with E-state index in [1.165, 1.54) is 6.20 Å². The fourth-order valence-electron chi connectivity index (χ4n) is 3.46. The van der Waals surface area contributed by atoms with E-state index in [-0.39, 0.29) is 23.9 Å². The maximum absolute atomic E-state index is 12.4. The number of amides is 1. The summed E-state index contributed by atoms with van der Waals surface area (Å²) >= 11 is 0. The second-order valence-electron chi connectivity index (χ2n) is 6.91. The van der Waals surface area contributed by atoms with Crippen molar-refractivity contribution in [3.05, 3.63) is 46.0 Å². The van der Waals surface area contributed by atoms with Crippen molar-refractivity contribution < 1.29 is 4.79 Å². The van der Waals surface area contributed by atoms with Gasteiger partial charge in [-0.1, -0.05) is 6.07 Å². The van der Waals surface area contributed by atoms with Gasteiger partial charge in [0.15, 0.2) is 0 Å². The number of nitrogens with two attached hydrogens (primary N) is 2.